The number of hydrogen-bond donors (Lipinski definition) is 0. The number of carbonyl (C=O) groups is 2. The van der Waals surface area contributed by atoms with Crippen LogP contribution in [0.3, 0.4) is 0 Å². The normalized spacial score (nSPS) is 11.4. The zero-order chi connectivity index (χ0) is 15.6. The summed E-state index contributed by atoms with van der Waals surface area (Å²) in [6.07, 6.45) is 1.29. The van der Waals surface area contributed by atoms with Crippen LogP contribution in [0.5, 0.6) is 0 Å². The molecule has 2 rings (SSSR count). The van der Waals surface area contributed by atoms with Crippen molar-refractivity contribution in [1.29, 1.82) is 0 Å². The molecule has 0 saturated heterocycles. The van der Waals surface area contributed by atoms with Gasteiger partial charge in [-0.1, -0.05) is 18.2 Å². The van der Waals surface area contributed by atoms with Gasteiger partial charge in [-0.05, 0) is 32.4 Å². The van der Waals surface area contributed by atoms with Gasteiger partial charge in [0.25, 0.3) is 0 Å². The Labute approximate surface area is 123 Å². The Morgan fingerprint density at radius 1 is 1.19 bits per heavy atom. The first-order valence-corrected chi connectivity index (χ1v) is 6.71. The average molecular weight is 289 g/mol. The van der Waals surface area contributed by atoms with Crippen LogP contribution in [0, 0.1) is 0 Å². The summed E-state index contributed by atoms with van der Waals surface area (Å²) in [5.41, 5.74) is 0.874. The van der Waals surface area contributed by atoms with Gasteiger partial charge in [0.1, 0.15) is 5.60 Å². The van der Waals surface area contributed by atoms with Gasteiger partial charge in [0, 0.05) is 11.6 Å². The highest BCUT2D eigenvalue weighted by Gasteiger charge is 2.21. The maximum absolute atomic E-state index is 12.3. The van der Waals surface area contributed by atoms with Gasteiger partial charge in [-0.15, -0.1) is 0 Å². The molecule has 112 valence electrons. The van der Waals surface area contributed by atoms with Gasteiger partial charge >= 0.3 is 12.1 Å². The summed E-state index contributed by atoms with van der Waals surface area (Å²) < 4.78 is 11.5. The fourth-order valence-corrected chi connectivity index (χ4v) is 2.08. The van der Waals surface area contributed by atoms with E-state index in [9.17, 15) is 9.59 Å². The van der Waals surface area contributed by atoms with Gasteiger partial charge in [-0.3, -0.25) is 9.36 Å². The van der Waals surface area contributed by atoms with E-state index in [1.54, 1.807) is 6.20 Å². The molecule has 0 unspecified atom stereocenters. The number of fused-ring (bicyclic) bond motifs is 1. The molecule has 0 aliphatic rings. The average Bonchev–Trinajstić information content (AvgIpc) is 2.76. The Hall–Kier alpha value is -2.30. The van der Waals surface area contributed by atoms with E-state index in [4.69, 9.17) is 4.74 Å². The number of aromatic nitrogens is 1. The first-order valence-electron chi connectivity index (χ1n) is 6.71. The summed E-state index contributed by atoms with van der Waals surface area (Å²) in [5.74, 6) is -0.345. The zero-order valence-electron chi connectivity index (χ0n) is 12.7. The molecule has 1 aromatic heterocycles. The van der Waals surface area contributed by atoms with Crippen molar-refractivity contribution in [3.63, 3.8) is 0 Å². The highest BCUT2D eigenvalue weighted by atomic mass is 16.6. The number of carbonyl (C=O) groups excluding carboxylic acids is 2. The number of esters is 1. The van der Waals surface area contributed by atoms with E-state index in [1.165, 1.54) is 11.7 Å². The number of methoxy groups -OCH3 is 1. The molecule has 0 fully saturated rings. The first kappa shape index (κ1) is 15.1. The quantitative estimate of drug-likeness (QED) is 0.797. The van der Waals surface area contributed by atoms with Crippen LogP contribution >= 0.6 is 0 Å². The van der Waals surface area contributed by atoms with Crippen molar-refractivity contribution in [3.8, 4) is 0 Å². The van der Waals surface area contributed by atoms with Crippen molar-refractivity contribution in [2.45, 2.75) is 32.8 Å². The van der Waals surface area contributed by atoms with Gasteiger partial charge in [-0.2, -0.15) is 0 Å². The molecule has 0 amide bonds. The molecule has 1 aromatic carbocycles. The fraction of sp³-hybridized carbons (Fsp3) is 0.375. The number of rotatable bonds is 2. The van der Waals surface area contributed by atoms with Crippen molar-refractivity contribution in [1.82, 2.24) is 4.57 Å². The molecular weight excluding hydrogens is 270 g/mol. The van der Waals surface area contributed by atoms with Crippen LogP contribution in [0.15, 0.2) is 30.5 Å². The molecule has 1 heterocycles. The van der Waals surface area contributed by atoms with Crippen LogP contribution in [-0.4, -0.2) is 29.3 Å². The Kier molecular flexibility index (Phi) is 4.02. The zero-order valence-corrected chi connectivity index (χ0v) is 12.7. The number of benzene rings is 1. The second kappa shape index (κ2) is 5.60. The van der Waals surface area contributed by atoms with E-state index >= 15 is 0 Å². The van der Waals surface area contributed by atoms with Crippen LogP contribution in [0.4, 0.5) is 4.79 Å². The third-order valence-corrected chi connectivity index (χ3v) is 2.95. The highest BCUT2D eigenvalue weighted by molar-refractivity contribution is 5.94. The van der Waals surface area contributed by atoms with Gasteiger partial charge < -0.3 is 9.47 Å². The topological polar surface area (TPSA) is 57.5 Å². The summed E-state index contributed by atoms with van der Waals surface area (Å²) in [5, 5.41) is 0.841. The maximum atomic E-state index is 12.3. The molecule has 2 aromatic rings. The van der Waals surface area contributed by atoms with E-state index in [0.29, 0.717) is 5.52 Å². The summed E-state index contributed by atoms with van der Waals surface area (Å²) in [4.78, 5) is 23.8. The van der Waals surface area contributed by atoms with Crippen LogP contribution in [0.25, 0.3) is 10.9 Å². The predicted molar refractivity (Wildman–Crippen MR) is 79.3 cm³/mol. The minimum Gasteiger partial charge on any atom is -0.469 e. The smallest absolute Gasteiger partial charge is 0.419 e. The minimum absolute atomic E-state index is 0.118. The van der Waals surface area contributed by atoms with Crippen molar-refractivity contribution in [3.05, 3.63) is 36.0 Å². The van der Waals surface area contributed by atoms with E-state index in [1.807, 2.05) is 45.0 Å². The standard InChI is InChI=1S/C16H19NO4/c1-16(2,3)21-15(19)17-10-11(9-14(18)20-4)12-7-5-6-8-13(12)17/h5-8,10H,9H2,1-4H3. The molecule has 0 N–H and O–H groups in total. The number of para-hydroxylation sites is 1. The molecule has 0 radical (unpaired) electrons. The van der Waals surface area contributed by atoms with Crippen molar-refractivity contribution >= 4 is 23.0 Å². The third kappa shape index (κ3) is 3.42. The highest BCUT2D eigenvalue weighted by Crippen LogP contribution is 2.23. The van der Waals surface area contributed by atoms with Crippen molar-refractivity contribution in [2.75, 3.05) is 7.11 Å². The Morgan fingerprint density at radius 3 is 2.48 bits per heavy atom. The lowest BCUT2D eigenvalue weighted by Gasteiger charge is -2.19. The largest absolute Gasteiger partial charge is 0.469 e. The number of ether oxygens (including phenoxy) is 2. The summed E-state index contributed by atoms with van der Waals surface area (Å²) >= 11 is 0. The van der Waals surface area contributed by atoms with Crippen molar-refractivity contribution < 1.29 is 19.1 Å². The molecule has 0 atom stereocenters. The molecule has 5 nitrogen and oxygen atoms in total. The first-order chi connectivity index (χ1) is 9.81. The Bertz CT molecular complexity index is 679. The van der Waals surface area contributed by atoms with Gasteiger partial charge in [0.15, 0.2) is 0 Å². The molecule has 0 aliphatic carbocycles. The molecule has 0 spiro atoms. The predicted octanol–water partition coefficient (Wildman–Crippen LogP) is 3.14. The molecular formula is C16H19NO4. The molecule has 5 heteroatoms. The second-order valence-electron chi connectivity index (χ2n) is 5.77. The van der Waals surface area contributed by atoms with Crippen LogP contribution < -0.4 is 0 Å². The number of nitrogens with zero attached hydrogens (tertiary/aromatic N) is 1. The lowest BCUT2D eigenvalue weighted by molar-refractivity contribution is -0.139. The molecule has 0 saturated carbocycles. The van der Waals surface area contributed by atoms with E-state index in [-0.39, 0.29) is 12.4 Å². The third-order valence-electron chi connectivity index (χ3n) is 2.95. The molecule has 0 aliphatic heterocycles. The maximum Gasteiger partial charge on any atom is 0.419 e. The lowest BCUT2D eigenvalue weighted by Crippen LogP contribution is -2.26. The molecule has 0 bridgehead atoms. The van der Waals surface area contributed by atoms with Gasteiger partial charge in [-0.25, -0.2) is 4.79 Å². The van der Waals surface area contributed by atoms with Crippen LogP contribution in [-0.2, 0) is 20.7 Å². The summed E-state index contributed by atoms with van der Waals surface area (Å²) in [7, 11) is 1.34. The van der Waals surface area contributed by atoms with Gasteiger partial charge in [0.05, 0.1) is 19.0 Å². The van der Waals surface area contributed by atoms with Crippen LogP contribution in [0.1, 0.15) is 26.3 Å². The monoisotopic (exact) mass is 289 g/mol. The Morgan fingerprint density at radius 2 is 1.86 bits per heavy atom. The summed E-state index contributed by atoms with van der Waals surface area (Å²) in [6.45, 7) is 5.43. The van der Waals surface area contributed by atoms with E-state index < -0.39 is 11.7 Å². The van der Waals surface area contributed by atoms with Crippen LogP contribution in [0.2, 0.25) is 0 Å². The minimum atomic E-state index is -0.578. The van der Waals surface area contributed by atoms with Gasteiger partial charge in [0.2, 0.25) is 0 Å². The van der Waals surface area contributed by atoms with E-state index in [2.05, 4.69) is 4.74 Å². The second-order valence-corrected chi connectivity index (χ2v) is 5.77. The Balaban J connectivity index is 2.45. The fourth-order valence-electron chi connectivity index (χ4n) is 2.08. The van der Waals surface area contributed by atoms with Crippen molar-refractivity contribution in [2.24, 2.45) is 0 Å². The molecule has 21 heavy (non-hydrogen) atoms. The number of hydrogen-bond acceptors (Lipinski definition) is 4. The SMILES string of the molecule is COC(=O)Cc1cn(C(=O)OC(C)(C)C)c2ccccc12. The lowest BCUT2D eigenvalue weighted by atomic mass is 10.1. The van der Waals surface area contributed by atoms with E-state index in [0.717, 1.165) is 10.9 Å². The summed E-state index contributed by atoms with van der Waals surface area (Å²) in [6, 6.07) is 7.39.